The molecule has 1 heterocycles. The summed E-state index contributed by atoms with van der Waals surface area (Å²) in [6.45, 7) is 0.636. The van der Waals surface area contributed by atoms with Gasteiger partial charge in [0, 0.05) is 0 Å². The van der Waals surface area contributed by atoms with Crippen LogP contribution >= 0.6 is 0 Å². The number of carbonyl (C=O) groups excluding carboxylic acids is 2. The molecule has 0 aromatic rings. The molecule has 0 aromatic heterocycles. The van der Waals surface area contributed by atoms with Crippen LogP contribution < -0.4 is 0 Å². The van der Waals surface area contributed by atoms with E-state index in [9.17, 15) is 18.0 Å². The van der Waals surface area contributed by atoms with Gasteiger partial charge in [0.2, 0.25) is 5.92 Å². The molecule has 1 saturated heterocycles. The lowest BCUT2D eigenvalue weighted by molar-refractivity contribution is -0.299. The van der Waals surface area contributed by atoms with Crippen LogP contribution in [0.3, 0.4) is 0 Å². The van der Waals surface area contributed by atoms with Gasteiger partial charge in [0.1, 0.15) is 6.10 Å². The Balaban J connectivity index is 2.82. The molecule has 0 unspecified atom stereocenters. The Morgan fingerprint density at radius 2 is 1.62 bits per heavy atom. The summed E-state index contributed by atoms with van der Waals surface area (Å²) in [5.74, 6) is -5.09. The Bertz CT molecular complexity index is 474. The van der Waals surface area contributed by atoms with Crippen LogP contribution in [0.1, 0.15) is 6.92 Å². The van der Waals surface area contributed by atoms with Gasteiger partial charge in [0.05, 0.1) is 27.4 Å². The van der Waals surface area contributed by atoms with E-state index in [2.05, 4.69) is 13.7 Å². The fourth-order valence-electron chi connectivity index (χ4n) is 1.76. The van der Waals surface area contributed by atoms with E-state index in [1.165, 1.54) is 6.92 Å². The lowest BCUT2D eigenvalue weighted by atomic mass is 9.99. The molecule has 0 aromatic carbocycles. The second-order valence-corrected chi connectivity index (χ2v) is 5.31. The van der Waals surface area contributed by atoms with Gasteiger partial charge in [-0.2, -0.15) is 8.42 Å². The maximum absolute atomic E-state index is 11.7. The molecular formula is C10H16O10S. The molecule has 0 saturated carbocycles. The highest BCUT2D eigenvalue weighted by Crippen LogP contribution is 2.30. The van der Waals surface area contributed by atoms with E-state index in [0.29, 0.717) is 0 Å². The van der Waals surface area contributed by atoms with Crippen molar-refractivity contribution in [3.63, 3.8) is 0 Å². The van der Waals surface area contributed by atoms with Crippen molar-refractivity contribution in [1.82, 2.24) is 0 Å². The second-order valence-electron chi connectivity index (χ2n) is 4.26. The Kier molecular flexibility index (Phi) is 5.64. The van der Waals surface area contributed by atoms with Gasteiger partial charge in [-0.1, -0.05) is 0 Å². The molecule has 122 valence electrons. The summed E-state index contributed by atoms with van der Waals surface area (Å²) in [5, 5.41) is 0. The molecule has 0 aliphatic carbocycles. The first kappa shape index (κ1) is 17.8. The van der Waals surface area contributed by atoms with E-state index in [1.807, 2.05) is 0 Å². The van der Waals surface area contributed by atoms with Crippen LogP contribution in [-0.2, 0) is 43.1 Å². The Hall–Kier alpha value is -1.27. The van der Waals surface area contributed by atoms with Gasteiger partial charge in [-0.15, -0.1) is 0 Å². The van der Waals surface area contributed by atoms with E-state index in [0.717, 1.165) is 14.2 Å². The van der Waals surface area contributed by atoms with Crippen molar-refractivity contribution in [3.8, 4) is 0 Å². The van der Waals surface area contributed by atoms with Crippen LogP contribution in [0.15, 0.2) is 0 Å². The van der Waals surface area contributed by atoms with E-state index < -0.39 is 40.1 Å². The average molecular weight is 328 g/mol. The average Bonchev–Trinajstić information content (AvgIpc) is 2.39. The quantitative estimate of drug-likeness (QED) is 0.376. The molecule has 11 heteroatoms. The monoisotopic (exact) mass is 328 g/mol. The minimum atomic E-state index is -4.67. The topological polar surface area (TPSA) is 135 Å². The molecule has 0 radical (unpaired) electrons. The summed E-state index contributed by atoms with van der Waals surface area (Å²) in [4.78, 5) is 23.4. The van der Waals surface area contributed by atoms with Crippen molar-refractivity contribution in [3.05, 3.63) is 0 Å². The van der Waals surface area contributed by atoms with E-state index in [4.69, 9.17) is 14.0 Å². The standard InChI is InChI=1S/C10H16O10S/c1-10(7(8(11)16-2)9(12)17-3)18-4-6(5-19-10)20-21(13,14)15/h6-7H,4-5H2,1-3H3,(H,13,14,15). The van der Waals surface area contributed by atoms with Crippen molar-refractivity contribution < 1.29 is 45.7 Å². The van der Waals surface area contributed by atoms with E-state index in [-0.39, 0.29) is 13.2 Å². The van der Waals surface area contributed by atoms with Crippen LogP contribution in [0.2, 0.25) is 0 Å². The van der Waals surface area contributed by atoms with E-state index >= 15 is 0 Å². The molecule has 0 amide bonds. The summed E-state index contributed by atoms with van der Waals surface area (Å²) in [6.07, 6.45) is -1.11. The number of methoxy groups -OCH3 is 2. The molecule has 1 aliphatic rings. The molecular weight excluding hydrogens is 312 g/mol. The molecule has 0 atom stereocenters. The highest BCUT2D eigenvalue weighted by Gasteiger charge is 2.51. The third-order valence-corrected chi connectivity index (χ3v) is 3.28. The summed E-state index contributed by atoms with van der Waals surface area (Å²) >= 11 is 0. The maximum Gasteiger partial charge on any atom is 0.397 e. The van der Waals surface area contributed by atoms with E-state index in [1.54, 1.807) is 0 Å². The largest absolute Gasteiger partial charge is 0.468 e. The summed E-state index contributed by atoms with van der Waals surface area (Å²) in [6, 6.07) is 0. The smallest absolute Gasteiger partial charge is 0.397 e. The third-order valence-electron chi connectivity index (χ3n) is 2.77. The van der Waals surface area contributed by atoms with Crippen molar-refractivity contribution in [2.45, 2.75) is 18.8 Å². The Morgan fingerprint density at radius 3 is 1.95 bits per heavy atom. The summed E-state index contributed by atoms with van der Waals surface area (Å²) in [5.41, 5.74) is 0. The summed E-state index contributed by atoms with van der Waals surface area (Å²) < 4.78 is 53.4. The first-order valence-electron chi connectivity index (χ1n) is 5.72. The molecule has 1 aliphatic heterocycles. The minimum Gasteiger partial charge on any atom is -0.468 e. The number of hydrogen-bond acceptors (Lipinski definition) is 9. The molecule has 0 spiro atoms. The number of rotatable bonds is 5. The first-order chi connectivity index (χ1) is 9.63. The highest BCUT2D eigenvalue weighted by atomic mass is 32.3. The van der Waals surface area contributed by atoms with Crippen LogP contribution in [-0.4, -0.2) is 64.2 Å². The highest BCUT2D eigenvalue weighted by molar-refractivity contribution is 7.80. The molecule has 1 fully saturated rings. The normalized spacial score (nSPS) is 26.4. The van der Waals surface area contributed by atoms with Gasteiger partial charge in [0.25, 0.3) is 0 Å². The second kappa shape index (κ2) is 6.66. The third kappa shape index (κ3) is 4.61. The van der Waals surface area contributed by atoms with Gasteiger partial charge >= 0.3 is 22.3 Å². The Morgan fingerprint density at radius 1 is 1.19 bits per heavy atom. The zero-order valence-corrected chi connectivity index (χ0v) is 12.4. The minimum absolute atomic E-state index is 0.333. The van der Waals surface area contributed by atoms with Gasteiger partial charge < -0.3 is 18.9 Å². The first-order valence-corrected chi connectivity index (χ1v) is 7.08. The molecule has 1 N–H and O–H groups in total. The van der Waals surface area contributed by atoms with Crippen molar-refractivity contribution in [2.24, 2.45) is 5.92 Å². The summed E-state index contributed by atoms with van der Waals surface area (Å²) in [7, 11) is -2.51. The zero-order valence-electron chi connectivity index (χ0n) is 11.6. The Labute approximate surface area is 121 Å². The molecule has 1 rings (SSSR count). The number of carbonyl (C=O) groups is 2. The lowest BCUT2D eigenvalue weighted by Crippen LogP contribution is -2.55. The van der Waals surface area contributed by atoms with Crippen LogP contribution in [0.4, 0.5) is 0 Å². The maximum atomic E-state index is 11.7. The van der Waals surface area contributed by atoms with Gasteiger partial charge in [-0.3, -0.25) is 14.1 Å². The van der Waals surface area contributed by atoms with Crippen molar-refractivity contribution >= 4 is 22.3 Å². The van der Waals surface area contributed by atoms with Crippen LogP contribution in [0.5, 0.6) is 0 Å². The number of ether oxygens (including phenoxy) is 4. The van der Waals surface area contributed by atoms with Gasteiger partial charge in [0.15, 0.2) is 5.79 Å². The van der Waals surface area contributed by atoms with Gasteiger partial charge in [-0.05, 0) is 6.92 Å². The van der Waals surface area contributed by atoms with Crippen molar-refractivity contribution in [2.75, 3.05) is 27.4 Å². The van der Waals surface area contributed by atoms with Crippen LogP contribution in [0, 0.1) is 5.92 Å². The fraction of sp³-hybridized carbons (Fsp3) is 0.800. The zero-order chi connectivity index (χ0) is 16.3. The lowest BCUT2D eigenvalue weighted by Gasteiger charge is -2.39. The van der Waals surface area contributed by atoms with Gasteiger partial charge in [-0.25, -0.2) is 4.18 Å². The van der Waals surface area contributed by atoms with Crippen molar-refractivity contribution in [1.29, 1.82) is 0 Å². The molecule has 21 heavy (non-hydrogen) atoms. The fourth-order valence-corrected chi connectivity index (χ4v) is 2.22. The molecule has 0 bridgehead atoms. The molecule has 10 nitrogen and oxygen atoms in total. The number of hydrogen-bond donors (Lipinski definition) is 1. The van der Waals surface area contributed by atoms with Crippen LogP contribution in [0.25, 0.3) is 0 Å². The predicted molar refractivity (Wildman–Crippen MR) is 64.3 cm³/mol. The SMILES string of the molecule is COC(=O)C(C(=O)OC)C1(C)OCC(OS(=O)(=O)O)CO1. The predicted octanol–water partition coefficient (Wildman–Crippen LogP) is -1.10. The number of esters is 2.